The Kier molecular flexibility index (Phi) is 6.36. The van der Waals surface area contributed by atoms with Gasteiger partial charge in [0.25, 0.3) is 5.56 Å². The summed E-state index contributed by atoms with van der Waals surface area (Å²) in [5, 5.41) is 0. The summed E-state index contributed by atoms with van der Waals surface area (Å²) in [5.41, 5.74) is 0.0543. The highest BCUT2D eigenvalue weighted by Crippen LogP contribution is 2.13. The SMILES string of the molecule is CCCCCCCn1cc(Br)cc(Br)c1=O. The molecule has 1 aromatic rings. The maximum absolute atomic E-state index is 11.7. The Labute approximate surface area is 113 Å². The summed E-state index contributed by atoms with van der Waals surface area (Å²) in [4.78, 5) is 11.7. The first-order valence-corrected chi connectivity index (χ1v) is 7.29. The van der Waals surface area contributed by atoms with Gasteiger partial charge in [0, 0.05) is 17.2 Å². The monoisotopic (exact) mass is 349 g/mol. The Bertz CT molecular complexity index is 387. The van der Waals surface area contributed by atoms with Crippen LogP contribution in [0.25, 0.3) is 0 Å². The summed E-state index contributed by atoms with van der Waals surface area (Å²) >= 11 is 6.66. The highest BCUT2D eigenvalue weighted by Gasteiger charge is 2.02. The maximum Gasteiger partial charge on any atom is 0.264 e. The summed E-state index contributed by atoms with van der Waals surface area (Å²) in [6.07, 6.45) is 7.93. The van der Waals surface area contributed by atoms with Crippen molar-refractivity contribution in [2.45, 2.75) is 45.6 Å². The molecule has 90 valence electrons. The number of hydrogen-bond acceptors (Lipinski definition) is 1. The topological polar surface area (TPSA) is 22.0 Å². The minimum Gasteiger partial charge on any atom is -0.313 e. The molecule has 4 heteroatoms. The zero-order chi connectivity index (χ0) is 12.0. The smallest absolute Gasteiger partial charge is 0.264 e. The third-order valence-electron chi connectivity index (χ3n) is 2.51. The number of rotatable bonds is 6. The van der Waals surface area contributed by atoms with Gasteiger partial charge in [0.1, 0.15) is 0 Å². The van der Waals surface area contributed by atoms with Gasteiger partial charge in [0.05, 0.1) is 4.47 Å². The molecule has 0 amide bonds. The highest BCUT2D eigenvalue weighted by atomic mass is 79.9. The van der Waals surface area contributed by atoms with Crippen LogP contribution in [0.4, 0.5) is 0 Å². The van der Waals surface area contributed by atoms with Crippen molar-refractivity contribution in [3.8, 4) is 0 Å². The Balaban J connectivity index is 2.51. The van der Waals surface area contributed by atoms with Crippen molar-refractivity contribution in [2.75, 3.05) is 0 Å². The van der Waals surface area contributed by atoms with Crippen LogP contribution in [-0.2, 0) is 6.54 Å². The number of halogens is 2. The molecule has 0 saturated heterocycles. The summed E-state index contributed by atoms with van der Waals surface area (Å²) < 4.78 is 3.32. The van der Waals surface area contributed by atoms with Gasteiger partial charge in [-0.05, 0) is 44.3 Å². The van der Waals surface area contributed by atoms with Gasteiger partial charge in [-0.15, -0.1) is 0 Å². The molecule has 0 fully saturated rings. The van der Waals surface area contributed by atoms with Crippen LogP contribution in [0.3, 0.4) is 0 Å². The Morgan fingerprint density at radius 2 is 1.88 bits per heavy atom. The van der Waals surface area contributed by atoms with E-state index < -0.39 is 0 Å². The molecule has 0 aromatic carbocycles. The summed E-state index contributed by atoms with van der Waals surface area (Å²) in [5.74, 6) is 0. The van der Waals surface area contributed by atoms with Crippen molar-refractivity contribution in [3.63, 3.8) is 0 Å². The molecule has 0 saturated carbocycles. The minimum absolute atomic E-state index is 0.0543. The van der Waals surface area contributed by atoms with Crippen molar-refractivity contribution in [3.05, 3.63) is 31.6 Å². The van der Waals surface area contributed by atoms with Gasteiger partial charge >= 0.3 is 0 Å². The van der Waals surface area contributed by atoms with Crippen LogP contribution in [0, 0.1) is 0 Å². The molecule has 0 N–H and O–H groups in total. The van der Waals surface area contributed by atoms with E-state index in [4.69, 9.17) is 0 Å². The van der Waals surface area contributed by atoms with Gasteiger partial charge in [-0.1, -0.05) is 32.6 Å². The van der Waals surface area contributed by atoms with E-state index in [1.54, 1.807) is 10.6 Å². The number of hydrogen-bond donors (Lipinski definition) is 0. The molecule has 0 radical (unpaired) electrons. The average molecular weight is 351 g/mol. The van der Waals surface area contributed by atoms with Crippen molar-refractivity contribution >= 4 is 31.9 Å². The Hall–Kier alpha value is -0.0900. The zero-order valence-corrected chi connectivity index (χ0v) is 12.7. The summed E-state index contributed by atoms with van der Waals surface area (Å²) in [7, 11) is 0. The quantitative estimate of drug-likeness (QED) is 0.699. The average Bonchev–Trinajstić information content (AvgIpc) is 2.24. The summed E-state index contributed by atoms with van der Waals surface area (Å²) in [6, 6.07) is 1.79. The molecule has 16 heavy (non-hydrogen) atoms. The second-order valence-electron chi connectivity index (χ2n) is 3.92. The zero-order valence-electron chi connectivity index (χ0n) is 9.51. The lowest BCUT2D eigenvalue weighted by Gasteiger charge is -2.06. The second kappa shape index (κ2) is 7.28. The van der Waals surface area contributed by atoms with E-state index >= 15 is 0 Å². The first-order chi connectivity index (χ1) is 7.65. The van der Waals surface area contributed by atoms with E-state index in [-0.39, 0.29) is 5.56 Å². The van der Waals surface area contributed by atoms with E-state index in [9.17, 15) is 4.79 Å². The van der Waals surface area contributed by atoms with Crippen molar-refractivity contribution < 1.29 is 0 Å². The van der Waals surface area contributed by atoms with E-state index in [2.05, 4.69) is 38.8 Å². The molecule has 0 aliphatic carbocycles. The lowest BCUT2D eigenvalue weighted by Crippen LogP contribution is -2.20. The van der Waals surface area contributed by atoms with Crippen LogP contribution in [0.5, 0.6) is 0 Å². The van der Waals surface area contributed by atoms with Crippen LogP contribution in [0.2, 0.25) is 0 Å². The van der Waals surface area contributed by atoms with Crippen LogP contribution in [-0.4, -0.2) is 4.57 Å². The second-order valence-corrected chi connectivity index (χ2v) is 5.69. The molecule has 0 unspecified atom stereocenters. The lowest BCUT2D eigenvalue weighted by atomic mass is 10.1. The van der Waals surface area contributed by atoms with Crippen molar-refractivity contribution in [1.82, 2.24) is 4.57 Å². The molecule has 1 rings (SSSR count). The molecule has 1 heterocycles. The van der Waals surface area contributed by atoms with Crippen LogP contribution < -0.4 is 5.56 Å². The third kappa shape index (κ3) is 4.42. The molecule has 0 bridgehead atoms. The lowest BCUT2D eigenvalue weighted by molar-refractivity contribution is 0.556. The number of aromatic nitrogens is 1. The largest absolute Gasteiger partial charge is 0.313 e. The van der Waals surface area contributed by atoms with Gasteiger partial charge in [0.15, 0.2) is 0 Å². The maximum atomic E-state index is 11.7. The standard InChI is InChI=1S/C12H17Br2NO/c1-2-3-4-5-6-7-15-9-10(13)8-11(14)12(15)16/h8-9H,2-7H2,1H3. The van der Waals surface area contributed by atoms with E-state index in [0.29, 0.717) is 4.47 Å². The minimum atomic E-state index is 0.0543. The molecular weight excluding hydrogens is 334 g/mol. The van der Waals surface area contributed by atoms with E-state index in [0.717, 1.165) is 17.4 Å². The van der Waals surface area contributed by atoms with Gasteiger partial charge < -0.3 is 4.57 Å². The van der Waals surface area contributed by atoms with Crippen LogP contribution >= 0.6 is 31.9 Å². The van der Waals surface area contributed by atoms with E-state index in [1.165, 1.54) is 25.7 Å². The predicted octanol–water partition coefficient (Wildman–Crippen LogP) is 4.34. The molecule has 1 aromatic heterocycles. The number of aryl methyl sites for hydroxylation is 1. The van der Waals surface area contributed by atoms with Gasteiger partial charge in [-0.25, -0.2) is 0 Å². The normalized spacial score (nSPS) is 10.7. The van der Waals surface area contributed by atoms with Gasteiger partial charge in [-0.2, -0.15) is 0 Å². The van der Waals surface area contributed by atoms with E-state index in [1.807, 2.05) is 6.20 Å². The highest BCUT2D eigenvalue weighted by molar-refractivity contribution is 9.11. The fourth-order valence-corrected chi connectivity index (χ4v) is 2.87. The fraction of sp³-hybridized carbons (Fsp3) is 0.583. The molecule has 0 aliphatic rings. The molecule has 0 spiro atoms. The molecule has 0 atom stereocenters. The molecule has 2 nitrogen and oxygen atoms in total. The number of pyridine rings is 1. The van der Waals surface area contributed by atoms with Gasteiger partial charge in [0.2, 0.25) is 0 Å². The first kappa shape index (κ1) is 14.0. The van der Waals surface area contributed by atoms with Crippen LogP contribution in [0.15, 0.2) is 26.0 Å². The van der Waals surface area contributed by atoms with Crippen molar-refractivity contribution in [1.29, 1.82) is 0 Å². The van der Waals surface area contributed by atoms with Crippen molar-refractivity contribution in [2.24, 2.45) is 0 Å². The fourth-order valence-electron chi connectivity index (χ4n) is 1.62. The third-order valence-corrected chi connectivity index (χ3v) is 3.51. The Morgan fingerprint density at radius 3 is 2.56 bits per heavy atom. The molecular formula is C12H17Br2NO. The first-order valence-electron chi connectivity index (χ1n) is 5.70. The number of nitrogens with zero attached hydrogens (tertiary/aromatic N) is 1. The Morgan fingerprint density at radius 1 is 1.19 bits per heavy atom. The number of unbranched alkanes of at least 4 members (excludes halogenated alkanes) is 4. The van der Waals surface area contributed by atoms with Gasteiger partial charge in [-0.3, -0.25) is 4.79 Å². The molecule has 0 aliphatic heterocycles. The van der Waals surface area contributed by atoms with Crippen LogP contribution in [0.1, 0.15) is 39.0 Å². The predicted molar refractivity (Wildman–Crippen MR) is 74.9 cm³/mol. The summed E-state index contributed by atoms with van der Waals surface area (Å²) in [6.45, 7) is 3.01.